The molecule has 204 valence electrons. The molecule has 0 radical (unpaired) electrons. The highest BCUT2D eigenvalue weighted by molar-refractivity contribution is 5.94. The van der Waals surface area contributed by atoms with Crippen molar-refractivity contribution in [3.05, 3.63) is 59.7 Å². The number of nitrogens with zero attached hydrogens (tertiary/aromatic N) is 6. The Kier molecular flexibility index (Phi) is 6.82. The Morgan fingerprint density at radius 3 is 2.64 bits per heavy atom. The van der Waals surface area contributed by atoms with Crippen LogP contribution in [0.15, 0.2) is 48.6 Å². The number of rotatable bonds is 5. The van der Waals surface area contributed by atoms with Crippen LogP contribution in [-0.2, 0) is 6.18 Å². The van der Waals surface area contributed by atoms with Gasteiger partial charge in [-0.1, -0.05) is 12.2 Å². The van der Waals surface area contributed by atoms with Crippen LogP contribution in [0.2, 0.25) is 0 Å². The van der Waals surface area contributed by atoms with Gasteiger partial charge in [0, 0.05) is 49.7 Å². The molecule has 9 nitrogen and oxygen atoms in total. The minimum absolute atomic E-state index is 0.122. The Hall–Kier alpha value is -3.95. The van der Waals surface area contributed by atoms with Crippen LogP contribution in [-0.4, -0.2) is 79.7 Å². The van der Waals surface area contributed by atoms with Gasteiger partial charge in [0.05, 0.1) is 40.7 Å². The molecule has 2 aliphatic heterocycles. The summed E-state index contributed by atoms with van der Waals surface area (Å²) >= 11 is 0. The van der Waals surface area contributed by atoms with Crippen molar-refractivity contribution in [2.24, 2.45) is 0 Å². The molecule has 0 aromatic carbocycles. The summed E-state index contributed by atoms with van der Waals surface area (Å²) in [5, 5.41) is 24.3. The Morgan fingerprint density at radius 1 is 1.23 bits per heavy atom. The summed E-state index contributed by atoms with van der Waals surface area (Å²) in [7, 11) is 3.99. The maximum Gasteiger partial charge on any atom is 0.417 e. The lowest BCUT2D eigenvalue weighted by atomic mass is 9.82. The molecule has 0 aliphatic carbocycles. The minimum atomic E-state index is -4.56. The largest absolute Gasteiger partial charge is 0.417 e. The topological polar surface area (TPSA) is 117 Å². The number of nitriles is 1. The summed E-state index contributed by atoms with van der Waals surface area (Å²) in [5.74, 6) is 0.221. The predicted octanol–water partition coefficient (Wildman–Crippen LogP) is 3.92. The van der Waals surface area contributed by atoms with E-state index in [1.54, 1.807) is 0 Å². The van der Waals surface area contributed by atoms with Crippen molar-refractivity contribution in [3.8, 4) is 17.3 Å². The number of nitrogens with one attached hydrogen (secondary N) is 2. The number of H-pyrrole nitrogens is 1. The standard InChI is InChI=1S/C27H29F3N8O/c1-16(17-4-5-22(38(3)15-17)26(39)6-8-37(2)9-7-26)35-25-34-12-18(11-31)23(36-25)21-14-33-24-20(21)10-19(13-32-24)27(28,29)30/h4-5,10,12-16,22,39H,6-9H2,1-3H3,(H,32,33)(H,34,35,36). The van der Waals surface area contributed by atoms with Gasteiger partial charge in [0.1, 0.15) is 11.7 Å². The number of likely N-dealkylation sites (tertiary alicyclic amines) is 1. The Bertz CT molecular complexity index is 1480. The van der Waals surface area contributed by atoms with E-state index in [0.717, 1.165) is 30.9 Å². The van der Waals surface area contributed by atoms with Gasteiger partial charge in [0.25, 0.3) is 0 Å². The molecule has 3 N–H and O–H groups in total. The summed E-state index contributed by atoms with van der Waals surface area (Å²) in [5.41, 5.74) is 0.141. The van der Waals surface area contributed by atoms with Crippen LogP contribution in [0.25, 0.3) is 22.3 Å². The number of likely N-dealkylation sites (N-methyl/N-ethyl adjacent to an activating group) is 1. The second-order valence-electron chi connectivity index (χ2n) is 10.3. The molecule has 5 heterocycles. The average molecular weight is 539 g/mol. The van der Waals surface area contributed by atoms with Gasteiger partial charge < -0.3 is 25.2 Å². The zero-order chi connectivity index (χ0) is 27.9. The molecular weight excluding hydrogens is 509 g/mol. The molecule has 1 saturated heterocycles. The van der Waals surface area contributed by atoms with E-state index in [0.29, 0.717) is 18.4 Å². The molecular formula is C27H29F3N8O. The van der Waals surface area contributed by atoms with E-state index < -0.39 is 17.3 Å². The molecule has 39 heavy (non-hydrogen) atoms. The lowest BCUT2D eigenvalue weighted by molar-refractivity contribution is -0.137. The number of halogens is 3. The summed E-state index contributed by atoms with van der Waals surface area (Å²) in [6.07, 6.45) is 6.40. The third kappa shape index (κ3) is 5.20. The highest BCUT2D eigenvalue weighted by atomic mass is 19.4. The van der Waals surface area contributed by atoms with Gasteiger partial charge in [0.2, 0.25) is 5.95 Å². The lowest BCUT2D eigenvalue weighted by Crippen LogP contribution is -2.55. The Labute approximate surface area is 223 Å². The van der Waals surface area contributed by atoms with Gasteiger partial charge in [-0.25, -0.2) is 15.0 Å². The first kappa shape index (κ1) is 26.6. The van der Waals surface area contributed by atoms with Crippen molar-refractivity contribution >= 4 is 17.0 Å². The van der Waals surface area contributed by atoms with Crippen molar-refractivity contribution in [1.82, 2.24) is 29.7 Å². The quantitative estimate of drug-likeness (QED) is 0.448. The molecule has 0 amide bonds. The summed E-state index contributed by atoms with van der Waals surface area (Å²) in [6.45, 7) is 3.61. The Balaban J connectivity index is 1.39. The van der Waals surface area contributed by atoms with Crippen molar-refractivity contribution in [2.45, 2.75) is 43.6 Å². The molecule has 2 atom stereocenters. The summed E-state index contributed by atoms with van der Waals surface area (Å²) in [4.78, 5) is 19.7. The van der Waals surface area contributed by atoms with Crippen LogP contribution >= 0.6 is 0 Å². The first-order valence-corrected chi connectivity index (χ1v) is 12.6. The van der Waals surface area contributed by atoms with Crippen LogP contribution in [0.3, 0.4) is 0 Å². The number of fused-ring (bicyclic) bond motifs is 1. The number of alkyl halides is 3. The molecule has 12 heteroatoms. The molecule has 3 aromatic rings. The number of hydrogen-bond acceptors (Lipinski definition) is 8. The number of piperidine rings is 1. The van der Waals surface area contributed by atoms with E-state index in [-0.39, 0.29) is 40.3 Å². The van der Waals surface area contributed by atoms with Gasteiger partial charge in [-0.3, -0.25) is 0 Å². The monoisotopic (exact) mass is 538 g/mol. The fourth-order valence-electron chi connectivity index (χ4n) is 5.18. The van der Waals surface area contributed by atoms with E-state index in [4.69, 9.17) is 0 Å². The smallest absolute Gasteiger partial charge is 0.387 e. The van der Waals surface area contributed by atoms with E-state index >= 15 is 0 Å². The van der Waals surface area contributed by atoms with Crippen LogP contribution in [0.1, 0.15) is 30.9 Å². The maximum atomic E-state index is 13.3. The zero-order valence-electron chi connectivity index (χ0n) is 21.8. The highest BCUT2D eigenvalue weighted by Crippen LogP contribution is 2.35. The van der Waals surface area contributed by atoms with Gasteiger partial charge >= 0.3 is 6.18 Å². The number of aromatic amines is 1. The molecule has 2 unspecified atom stereocenters. The number of aliphatic hydroxyl groups is 1. The predicted molar refractivity (Wildman–Crippen MR) is 140 cm³/mol. The highest BCUT2D eigenvalue weighted by Gasteiger charge is 2.40. The molecule has 1 fully saturated rings. The fraction of sp³-hybridized carbons (Fsp3) is 0.407. The third-order valence-electron chi connectivity index (χ3n) is 7.53. The summed E-state index contributed by atoms with van der Waals surface area (Å²) in [6, 6.07) is 2.64. The van der Waals surface area contributed by atoms with Gasteiger partial charge in [-0.15, -0.1) is 0 Å². The molecule has 5 rings (SSSR count). The number of pyridine rings is 1. The van der Waals surface area contributed by atoms with Crippen molar-refractivity contribution < 1.29 is 18.3 Å². The fourth-order valence-corrected chi connectivity index (χ4v) is 5.18. The number of anilines is 1. The van der Waals surface area contributed by atoms with Crippen LogP contribution in [0.4, 0.5) is 19.1 Å². The van der Waals surface area contributed by atoms with E-state index in [1.165, 1.54) is 12.4 Å². The average Bonchev–Trinajstić information content (AvgIpc) is 3.33. The number of hydrogen-bond donors (Lipinski definition) is 3. The zero-order valence-corrected chi connectivity index (χ0v) is 21.8. The second-order valence-corrected chi connectivity index (χ2v) is 10.3. The number of aromatic nitrogens is 4. The van der Waals surface area contributed by atoms with Crippen LogP contribution < -0.4 is 5.32 Å². The molecule has 0 saturated carbocycles. The van der Waals surface area contributed by atoms with Crippen molar-refractivity contribution in [2.75, 3.05) is 32.5 Å². The maximum absolute atomic E-state index is 13.3. The van der Waals surface area contributed by atoms with Crippen LogP contribution in [0.5, 0.6) is 0 Å². The lowest BCUT2D eigenvalue weighted by Gasteiger charge is -2.45. The first-order chi connectivity index (χ1) is 18.5. The second kappa shape index (κ2) is 9.98. The van der Waals surface area contributed by atoms with E-state index in [1.807, 2.05) is 43.3 Å². The van der Waals surface area contributed by atoms with Crippen molar-refractivity contribution in [3.63, 3.8) is 0 Å². The van der Waals surface area contributed by atoms with Gasteiger partial charge in [-0.2, -0.15) is 18.4 Å². The van der Waals surface area contributed by atoms with E-state index in [2.05, 4.69) is 37.2 Å². The van der Waals surface area contributed by atoms with E-state index in [9.17, 15) is 23.5 Å². The molecule has 3 aromatic heterocycles. The van der Waals surface area contributed by atoms with Gasteiger partial charge in [0.15, 0.2) is 0 Å². The van der Waals surface area contributed by atoms with Gasteiger partial charge in [-0.05, 0) is 38.5 Å². The molecule has 2 aliphatic rings. The Morgan fingerprint density at radius 2 is 1.97 bits per heavy atom. The summed E-state index contributed by atoms with van der Waals surface area (Å²) < 4.78 is 39.9. The SMILES string of the molecule is CC(Nc1ncc(C#N)c(-c2c[nH]c3ncc(C(F)(F)F)cc23)n1)C1=CN(C)C(C2(O)CCN(C)CC2)C=C1. The van der Waals surface area contributed by atoms with Crippen molar-refractivity contribution in [1.29, 1.82) is 5.26 Å². The van der Waals surface area contributed by atoms with Crippen LogP contribution in [0, 0.1) is 11.3 Å². The third-order valence-corrected chi connectivity index (χ3v) is 7.53. The first-order valence-electron chi connectivity index (χ1n) is 12.6. The normalized spacial score (nSPS) is 20.5. The molecule has 0 spiro atoms. The molecule has 0 bridgehead atoms. The minimum Gasteiger partial charge on any atom is -0.387 e.